The van der Waals surface area contributed by atoms with E-state index in [9.17, 15) is 4.79 Å². The van der Waals surface area contributed by atoms with Crippen molar-refractivity contribution in [2.75, 3.05) is 17.2 Å². The number of nitrogen functional groups attached to an aromatic ring is 1. The van der Waals surface area contributed by atoms with Crippen LogP contribution in [0.3, 0.4) is 0 Å². The minimum Gasteiger partial charge on any atom is -0.399 e. The van der Waals surface area contributed by atoms with Crippen LogP contribution in [0, 0.1) is 0 Å². The lowest BCUT2D eigenvalue weighted by Crippen LogP contribution is -2.31. The zero-order valence-electron chi connectivity index (χ0n) is 10.8. The van der Waals surface area contributed by atoms with Gasteiger partial charge in [0.2, 0.25) is 0 Å². The fraction of sp³-hybridized carbons (Fsp3) is 0.143. The molecule has 0 bridgehead atoms. The van der Waals surface area contributed by atoms with Gasteiger partial charge in [0, 0.05) is 30.3 Å². The van der Waals surface area contributed by atoms with Gasteiger partial charge in [0.25, 0.3) is 5.91 Å². The fourth-order valence-electron chi connectivity index (χ4n) is 1.88. The van der Waals surface area contributed by atoms with Crippen molar-refractivity contribution in [3.05, 3.63) is 52.3 Å². The molecule has 0 fully saturated rings. The highest BCUT2D eigenvalue weighted by Crippen LogP contribution is 2.30. The molecule has 6 heteroatoms. The van der Waals surface area contributed by atoms with Gasteiger partial charge in [0.15, 0.2) is 0 Å². The molecule has 2 aromatic rings. The van der Waals surface area contributed by atoms with Gasteiger partial charge in [0.1, 0.15) is 0 Å². The Labute approximate surface area is 127 Å². The lowest BCUT2D eigenvalue weighted by atomic mass is 10.1. The molecule has 20 heavy (non-hydrogen) atoms. The van der Waals surface area contributed by atoms with Crippen molar-refractivity contribution in [1.29, 1.82) is 0 Å². The van der Waals surface area contributed by atoms with Crippen LogP contribution in [0.2, 0.25) is 10.0 Å². The molecule has 104 valence electrons. The van der Waals surface area contributed by atoms with E-state index in [0.717, 1.165) is 5.69 Å². The number of rotatable bonds is 3. The molecule has 1 heterocycles. The summed E-state index contributed by atoms with van der Waals surface area (Å²) in [6, 6.07) is 6.55. The number of carbonyl (C=O) groups excluding carboxylic acids is 1. The molecule has 0 radical (unpaired) electrons. The second-order valence-electron chi connectivity index (χ2n) is 4.12. The lowest BCUT2D eigenvalue weighted by molar-refractivity contribution is 0.0988. The molecule has 2 N–H and O–H groups in total. The van der Waals surface area contributed by atoms with Crippen molar-refractivity contribution in [2.24, 2.45) is 0 Å². The van der Waals surface area contributed by atoms with Crippen LogP contribution in [-0.4, -0.2) is 17.4 Å². The highest BCUT2D eigenvalue weighted by atomic mass is 35.5. The van der Waals surface area contributed by atoms with Crippen molar-refractivity contribution in [3.8, 4) is 0 Å². The van der Waals surface area contributed by atoms with Crippen LogP contribution < -0.4 is 10.6 Å². The van der Waals surface area contributed by atoms with Crippen LogP contribution >= 0.6 is 23.2 Å². The van der Waals surface area contributed by atoms with Gasteiger partial charge in [-0.05, 0) is 31.2 Å². The SMILES string of the molecule is CCN(C(=O)c1cc(N)cc(Cl)c1Cl)c1ccncc1. The number of nitrogens with two attached hydrogens (primary N) is 1. The first kappa shape index (κ1) is 14.6. The summed E-state index contributed by atoms with van der Waals surface area (Å²) in [5.41, 5.74) is 7.14. The fourth-order valence-corrected chi connectivity index (χ4v) is 2.30. The summed E-state index contributed by atoms with van der Waals surface area (Å²) in [7, 11) is 0. The first-order chi connectivity index (χ1) is 9.54. The van der Waals surface area contributed by atoms with E-state index in [1.54, 1.807) is 29.4 Å². The second-order valence-corrected chi connectivity index (χ2v) is 4.90. The van der Waals surface area contributed by atoms with Crippen LogP contribution in [-0.2, 0) is 0 Å². The Balaban J connectivity index is 2.44. The molecular weight excluding hydrogens is 297 g/mol. The average Bonchev–Trinajstić information content (AvgIpc) is 2.44. The summed E-state index contributed by atoms with van der Waals surface area (Å²) in [6.07, 6.45) is 3.25. The Morgan fingerprint density at radius 1 is 1.30 bits per heavy atom. The van der Waals surface area contributed by atoms with E-state index in [0.29, 0.717) is 12.2 Å². The van der Waals surface area contributed by atoms with Gasteiger partial charge in [-0.15, -0.1) is 0 Å². The molecule has 4 nitrogen and oxygen atoms in total. The molecule has 0 saturated heterocycles. The number of aromatic nitrogens is 1. The first-order valence-electron chi connectivity index (χ1n) is 6.01. The molecule has 0 saturated carbocycles. The number of hydrogen-bond donors (Lipinski definition) is 1. The Kier molecular flexibility index (Phi) is 4.47. The van der Waals surface area contributed by atoms with Gasteiger partial charge in [-0.2, -0.15) is 0 Å². The highest BCUT2D eigenvalue weighted by Gasteiger charge is 2.20. The van der Waals surface area contributed by atoms with E-state index in [1.807, 2.05) is 6.92 Å². The predicted octanol–water partition coefficient (Wildman–Crippen LogP) is 3.64. The molecule has 1 aromatic heterocycles. The topological polar surface area (TPSA) is 59.2 Å². The maximum absolute atomic E-state index is 12.6. The molecule has 1 aromatic carbocycles. The summed E-state index contributed by atoms with van der Waals surface area (Å²) < 4.78 is 0. The molecule has 0 unspecified atom stereocenters. The van der Waals surface area contributed by atoms with E-state index >= 15 is 0 Å². The van der Waals surface area contributed by atoms with E-state index < -0.39 is 0 Å². The predicted molar refractivity (Wildman–Crippen MR) is 82.5 cm³/mol. The maximum atomic E-state index is 12.6. The number of benzene rings is 1. The van der Waals surface area contributed by atoms with E-state index in [1.165, 1.54) is 12.1 Å². The van der Waals surface area contributed by atoms with Gasteiger partial charge in [0.05, 0.1) is 15.6 Å². The molecule has 1 amide bonds. The third-order valence-corrected chi connectivity index (χ3v) is 3.62. The molecule has 0 aliphatic rings. The Morgan fingerprint density at radius 2 is 1.95 bits per heavy atom. The third kappa shape index (κ3) is 2.86. The maximum Gasteiger partial charge on any atom is 0.259 e. The van der Waals surface area contributed by atoms with Crippen LogP contribution in [0.15, 0.2) is 36.7 Å². The number of nitrogens with zero attached hydrogens (tertiary/aromatic N) is 2. The molecule has 0 spiro atoms. The molecule has 0 atom stereocenters. The van der Waals surface area contributed by atoms with Crippen molar-refractivity contribution >= 4 is 40.5 Å². The number of halogens is 2. The number of amides is 1. The second kappa shape index (κ2) is 6.11. The monoisotopic (exact) mass is 309 g/mol. The average molecular weight is 310 g/mol. The van der Waals surface area contributed by atoms with Crippen molar-refractivity contribution < 1.29 is 4.79 Å². The summed E-state index contributed by atoms with van der Waals surface area (Å²) in [4.78, 5) is 18.1. The third-order valence-electron chi connectivity index (χ3n) is 2.82. The summed E-state index contributed by atoms with van der Waals surface area (Å²) >= 11 is 12.1. The number of carbonyl (C=O) groups is 1. The summed E-state index contributed by atoms with van der Waals surface area (Å²) in [6.45, 7) is 2.37. The summed E-state index contributed by atoms with van der Waals surface area (Å²) in [5, 5.41) is 0.471. The number of hydrogen-bond acceptors (Lipinski definition) is 3. The van der Waals surface area contributed by atoms with Crippen molar-refractivity contribution in [3.63, 3.8) is 0 Å². The minimum absolute atomic E-state index is 0.207. The van der Waals surface area contributed by atoms with Crippen LogP contribution in [0.4, 0.5) is 11.4 Å². The minimum atomic E-state index is -0.252. The lowest BCUT2D eigenvalue weighted by Gasteiger charge is -2.21. The van der Waals surface area contributed by atoms with Gasteiger partial charge in [-0.25, -0.2) is 0 Å². The van der Waals surface area contributed by atoms with Crippen molar-refractivity contribution in [1.82, 2.24) is 4.98 Å². The Morgan fingerprint density at radius 3 is 2.55 bits per heavy atom. The van der Waals surface area contributed by atoms with Gasteiger partial charge >= 0.3 is 0 Å². The van der Waals surface area contributed by atoms with Gasteiger partial charge in [-0.1, -0.05) is 23.2 Å². The Bertz CT molecular complexity index is 632. The van der Waals surface area contributed by atoms with E-state index in [-0.39, 0.29) is 21.5 Å². The van der Waals surface area contributed by atoms with E-state index in [2.05, 4.69) is 4.98 Å². The largest absolute Gasteiger partial charge is 0.399 e. The first-order valence-corrected chi connectivity index (χ1v) is 6.76. The highest BCUT2D eigenvalue weighted by molar-refractivity contribution is 6.44. The van der Waals surface area contributed by atoms with Crippen molar-refractivity contribution in [2.45, 2.75) is 6.92 Å². The zero-order valence-corrected chi connectivity index (χ0v) is 12.3. The normalized spacial score (nSPS) is 10.3. The van der Waals surface area contributed by atoms with Crippen LogP contribution in [0.25, 0.3) is 0 Å². The van der Waals surface area contributed by atoms with Crippen LogP contribution in [0.1, 0.15) is 17.3 Å². The summed E-state index contributed by atoms with van der Waals surface area (Å²) in [5.74, 6) is -0.252. The zero-order chi connectivity index (χ0) is 14.7. The quantitative estimate of drug-likeness (QED) is 0.881. The molecular formula is C14H13Cl2N3O. The molecule has 2 rings (SSSR count). The Hall–Kier alpha value is -1.78. The number of pyridine rings is 1. The standard InChI is InChI=1S/C14H13Cl2N3O/c1-2-19(10-3-5-18-6-4-10)14(20)11-7-9(17)8-12(15)13(11)16/h3-8H,2,17H2,1H3. The number of anilines is 2. The van der Waals surface area contributed by atoms with Crippen LogP contribution in [0.5, 0.6) is 0 Å². The van der Waals surface area contributed by atoms with Gasteiger partial charge < -0.3 is 10.6 Å². The molecule has 0 aliphatic carbocycles. The van der Waals surface area contributed by atoms with Gasteiger partial charge in [-0.3, -0.25) is 9.78 Å². The smallest absolute Gasteiger partial charge is 0.259 e. The van der Waals surface area contributed by atoms with E-state index in [4.69, 9.17) is 28.9 Å². The molecule has 0 aliphatic heterocycles.